The third kappa shape index (κ3) is 6.33. The van der Waals surface area contributed by atoms with Crippen molar-refractivity contribution >= 4 is 28.8 Å². The molecule has 2 aromatic rings. The van der Waals surface area contributed by atoms with Crippen LogP contribution in [-0.4, -0.2) is 24.3 Å². The Hall–Kier alpha value is -1.37. The SMILES string of the molecule is CC(CNCc1cc(-c2cccs2)cs1)NC(=O)OC(C)(C)C. The summed E-state index contributed by atoms with van der Waals surface area (Å²) < 4.78 is 5.24. The lowest BCUT2D eigenvalue weighted by Crippen LogP contribution is -2.42. The van der Waals surface area contributed by atoms with Gasteiger partial charge in [0.05, 0.1) is 0 Å². The first-order chi connectivity index (χ1) is 10.8. The van der Waals surface area contributed by atoms with Crippen LogP contribution >= 0.6 is 22.7 Å². The van der Waals surface area contributed by atoms with E-state index in [1.807, 2.05) is 27.7 Å². The highest BCUT2D eigenvalue weighted by atomic mass is 32.1. The van der Waals surface area contributed by atoms with Crippen LogP contribution in [0.5, 0.6) is 0 Å². The second-order valence-electron chi connectivity index (χ2n) is 6.46. The highest BCUT2D eigenvalue weighted by Crippen LogP contribution is 2.29. The number of thiophene rings is 2. The Labute approximate surface area is 145 Å². The molecule has 2 rings (SSSR count). The second-order valence-corrected chi connectivity index (χ2v) is 8.40. The average Bonchev–Trinajstić information content (AvgIpc) is 3.06. The molecular formula is C17H24N2O2S2. The molecule has 0 aliphatic carbocycles. The van der Waals surface area contributed by atoms with Crippen LogP contribution in [0.15, 0.2) is 29.0 Å². The maximum Gasteiger partial charge on any atom is 0.407 e. The first-order valence-corrected chi connectivity index (χ1v) is 9.41. The molecule has 1 amide bonds. The molecule has 6 heteroatoms. The van der Waals surface area contributed by atoms with Crippen LogP contribution in [0, 0.1) is 0 Å². The van der Waals surface area contributed by atoms with E-state index in [1.165, 1.54) is 15.3 Å². The van der Waals surface area contributed by atoms with Gasteiger partial charge < -0.3 is 15.4 Å². The molecule has 1 atom stereocenters. The Morgan fingerprint density at radius 1 is 1.35 bits per heavy atom. The van der Waals surface area contributed by atoms with Gasteiger partial charge in [0, 0.05) is 34.4 Å². The van der Waals surface area contributed by atoms with Crippen molar-refractivity contribution < 1.29 is 9.53 Å². The summed E-state index contributed by atoms with van der Waals surface area (Å²) in [6, 6.07) is 6.44. The average molecular weight is 353 g/mol. The van der Waals surface area contributed by atoms with Crippen LogP contribution in [0.2, 0.25) is 0 Å². The van der Waals surface area contributed by atoms with E-state index in [0.717, 1.165) is 6.54 Å². The van der Waals surface area contributed by atoms with Crippen LogP contribution in [0.25, 0.3) is 10.4 Å². The molecule has 4 nitrogen and oxygen atoms in total. The van der Waals surface area contributed by atoms with Crippen molar-refractivity contribution in [1.29, 1.82) is 0 Å². The van der Waals surface area contributed by atoms with Gasteiger partial charge in [0.2, 0.25) is 0 Å². The van der Waals surface area contributed by atoms with Crippen LogP contribution in [-0.2, 0) is 11.3 Å². The summed E-state index contributed by atoms with van der Waals surface area (Å²) >= 11 is 3.51. The topological polar surface area (TPSA) is 50.4 Å². The predicted molar refractivity (Wildman–Crippen MR) is 98.2 cm³/mol. The van der Waals surface area contributed by atoms with Crippen LogP contribution in [0.3, 0.4) is 0 Å². The Morgan fingerprint density at radius 2 is 2.13 bits per heavy atom. The van der Waals surface area contributed by atoms with Crippen molar-refractivity contribution in [3.8, 4) is 10.4 Å². The first kappa shape index (κ1) is 18.0. The van der Waals surface area contributed by atoms with Crippen molar-refractivity contribution in [2.24, 2.45) is 0 Å². The van der Waals surface area contributed by atoms with E-state index in [-0.39, 0.29) is 12.1 Å². The molecule has 0 aromatic carbocycles. The van der Waals surface area contributed by atoms with E-state index in [9.17, 15) is 4.79 Å². The molecule has 0 aliphatic heterocycles. The van der Waals surface area contributed by atoms with Crippen LogP contribution in [0.4, 0.5) is 4.79 Å². The highest BCUT2D eigenvalue weighted by molar-refractivity contribution is 7.14. The number of carbonyl (C=O) groups excluding carboxylic acids is 1. The van der Waals surface area contributed by atoms with Crippen LogP contribution < -0.4 is 10.6 Å². The van der Waals surface area contributed by atoms with E-state index < -0.39 is 5.60 Å². The van der Waals surface area contributed by atoms with E-state index >= 15 is 0 Å². The third-order valence-electron chi connectivity index (χ3n) is 2.97. The largest absolute Gasteiger partial charge is 0.444 e. The number of hydrogen-bond donors (Lipinski definition) is 2. The number of alkyl carbamates (subject to hydrolysis) is 1. The molecule has 0 saturated carbocycles. The fourth-order valence-corrected chi connectivity index (χ4v) is 3.66. The van der Waals surface area contributed by atoms with Gasteiger partial charge in [-0.25, -0.2) is 4.79 Å². The van der Waals surface area contributed by atoms with Crippen molar-refractivity contribution in [2.75, 3.05) is 6.54 Å². The summed E-state index contributed by atoms with van der Waals surface area (Å²) in [4.78, 5) is 14.3. The molecule has 0 spiro atoms. The van der Waals surface area contributed by atoms with E-state index in [4.69, 9.17) is 4.74 Å². The van der Waals surface area contributed by atoms with Gasteiger partial charge in [0.1, 0.15) is 5.60 Å². The first-order valence-electron chi connectivity index (χ1n) is 7.65. The molecule has 23 heavy (non-hydrogen) atoms. The Morgan fingerprint density at radius 3 is 2.78 bits per heavy atom. The molecule has 2 N–H and O–H groups in total. The number of amides is 1. The van der Waals surface area contributed by atoms with Crippen molar-refractivity contribution in [1.82, 2.24) is 10.6 Å². The number of rotatable bonds is 6. The number of nitrogens with one attached hydrogen (secondary N) is 2. The van der Waals surface area contributed by atoms with Gasteiger partial charge in [-0.2, -0.15) is 0 Å². The van der Waals surface area contributed by atoms with Crippen LogP contribution in [0.1, 0.15) is 32.6 Å². The Balaban J connectivity index is 1.71. The molecule has 0 fully saturated rings. The summed E-state index contributed by atoms with van der Waals surface area (Å²) in [5.74, 6) is 0. The van der Waals surface area contributed by atoms with Crippen molar-refractivity contribution in [2.45, 2.75) is 45.9 Å². The normalized spacial score (nSPS) is 12.9. The zero-order chi connectivity index (χ0) is 16.9. The van der Waals surface area contributed by atoms with E-state index in [1.54, 1.807) is 22.7 Å². The maximum absolute atomic E-state index is 11.7. The molecule has 0 bridgehead atoms. The second kappa shape index (κ2) is 7.95. The molecule has 0 radical (unpaired) electrons. The molecular weight excluding hydrogens is 328 g/mol. The molecule has 126 valence electrons. The van der Waals surface area contributed by atoms with E-state index in [2.05, 4.69) is 39.6 Å². The molecule has 0 aliphatic rings. The van der Waals surface area contributed by atoms with Gasteiger partial charge >= 0.3 is 6.09 Å². The summed E-state index contributed by atoms with van der Waals surface area (Å²) in [6.45, 7) is 9.04. The third-order valence-corrected chi connectivity index (χ3v) is 4.83. The lowest BCUT2D eigenvalue weighted by molar-refractivity contribution is 0.0508. The van der Waals surface area contributed by atoms with Gasteiger partial charge in [0.25, 0.3) is 0 Å². The summed E-state index contributed by atoms with van der Waals surface area (Å²) in [7, 11) is 0. The van der Waals surface area contributed by atoms with Gasteiger partial charge in [-0.05, 0) is 50.6 Å². The van der Waals surface area contributed by atoms with Crippen molar-refractivity contribution in [3.63, 3.8) is 0 Å². The van der Waals surface area contributed by atoms with Gasteiger partial charge in [-0.3, -0.25) is 0 Å². The molecule has 2 aromatic heterocycles. The predicted octanol–water partition coefficient (Wildman–Crippen LogP) is 4.48. The number of hydrogen-bond acceptors (Lipinski definition) is 5. The van der Waals surface area contributed by atoms with Crippen molar-refractivity contribution in [3.05, 3.63) is 33.8 Å². The number of ether oxygens (including phenoxy) is 1. The molecule has 2 heterocycles. The van der Waals surface area contributed by atoms with Gasteiger partial charge in [-0.15, -0.1) is 22.7 Å². The van der Waals surface area contributed by atoms with E-state index in [0.29, 0.717) is 6.54 Å². The zero-order valence-corrected chi connectivity index (χ0v) is 15.6. The smallest absolute Gasteiger partial charge is 0.407 e. The minimum absolute atomic E-state index is 0.0154. The monoisotopic (exact) mass is 352 g/mol. The minimum atomic E-state index is -0.466. The maximum atomic E-state index is 11.7. The Kier molecular flexibility index (Phi) is 6.21. The minimum Gasteiger partial charge on any atom is -0.444 e. The molecule has 1 unspecified atom stereocenters. The lowest BCUT2D eigenvalue weighted by Gasteiger charge is -2.22. The van der Waals surface area contributed by atoms with Gasteiger partial charge in [0.15, 0.2) is 0 Å². The zero-order valence-electron chi connectivity index (χ0n) is 14.0. The quantitative estimate of drug-likeness (QED) is 0.806. The fraction of sp³-hybridized carbons (Fsp3) is 0.471. The summed E-state index contributed by atoms with van der Waals surface area (Å²) in [5.41, 5.74) is 0.813. The molecule has 0 saturated heterocycles. The lowest BCUT2D eigenvalue weighted by atomic mass is 10.2. The standard InChI is InChI=1S/C17H24N2O2S2/c1-12(19-16(20)21-17(2,3)4)9-18-10-14-8-13(11-23-14)15-6-5-7-22-15/h5-8,11-12,18H,9-10H2,1-4H3,(H,19,20). The summed E-state index contributed by atoms with van der Waals surface area (Å²) in [6.07, 6.45) is -0.372. The number of carbonyl (C=O) groups is 1. The highest BCUT2D eigenvalue weighted by Gasteiger charge is 2.17. The van der Waals surface area contributed by atoms with Gasteiger partial charge in [-0.1, -0.05) is 6.07 Å². The fourth-order valence-electron chi connectivity index (χ4n) is 2.02. The summed E-state index contributed by atoms with van der Waals surface area (Å²) in [5, 5.41) is 10.5. The Bertz CT molecular complexity index is 615.